The molecule has 188 valence electrons. The van der Waals surface area contributed by atoms with E-state index in [1.165, 1.54) is 41.4 Å². The number of alkyl halides is 3. The summed E-state index contributed by atoms with van der Waals surface area (Å²) in [7, 11) is 0. The summed E-state index contributed by atoms with van der Waals surface area (Å²) in [5, 5.41) is 5.33. The van der Waals surface area contributed by atoms with Gasteiger partial charge in [-0.3, -0.25) is 4.79 Å². The Hall–Kier alpha value is -4.15. The topological polar surface area (TPSA) is 77.6 Å². The first-order valence-corrected chi connectivity index (χ1v) is 11.2. The summed E-state index contributed by atoms with van der Waals surface area (Å²) < 4.78 is 52.8. The van der Waals surface area contributed by atoms with Crippen molar-refractivity contribution in [1.82, 2.24) is 15.2 Å². The second-order valence-electron chi connectivity index (χ2n) is 8.16. The van der Waals surface area contributed by atoms with Crippen LogP contribution in [-0.2, 0) is 12.7 Å². The number of hydrogen-bond donors (Lipinski definition) is 2. The number of carbonyl (C=O) groups excluding carboxylic acids is 2. The molecular formula is C25H23F4N5O2. The maximum atomic E-state index is 13.3. The highest BCUT2D eigenvalue weighted by Crippen LogP contribution is 2.32. The highest BCUT2D eigenvalue weighted by Gasteiger charge is 2.36. The molecule has 1 aliphatic rings. The van der Waals surface area contributed by atoms with E-state index >= 15 is 0 Å². The maximum absolute atomic E-state index is 13.3. The summed E-state index contributed by atoms with van der Waals surface area (Å²) in [4.78, 5) is 32.5. The van der Waals surface area contributed by atoms with Crippen molar-refractivity contribution in [3.05, 3.63) is 89.4 Å². The number of rotatable bonds is 5. The molecular weight excluding hydrogens is 478 g/mol. The lowest BCUT2D eigenvalue weighted by molar-refractivity contribution is -0.138. The predicted molar refractivity (Wildman–Crippen MR) is 126 cm³/mol. The van der Waals surface area contributed by atoms with Crippen molar-refractivity contribution in [3.63, 3.8) is 0 Å². The van der Waals surface area contributed by atoms with Gasteiger partial charge in [-0.05, 0) is 42.0 Å². The van der Waals surface area contributed by atoms with Crippen LogP contribution in [0, 0.1) is 5.82 Å². The van der Waals surface area contributed by atoms with Crippen molar-refractivity contribution < 1.29 is 27.2 Å². The van der Waals surface area contributed by atoms with E-state index in [9.17, 15) is 27.2 Å². The molecule has 0 aliphatic carbocycles. The summed E-state index contributed by atoms with van der Waals surface area (Å²) in [6.07, 6.45) is -3.12. The Kier molecular flexibility index (Phi) is 7.37. The van der Waals surface area contributed by atoms with Crippen molar-refractivity contribution in [2.45, 2.75) is 12.7 Å². The minimum atomic E-state index is -4.61. The Bertz CT molecular complexity index is 1210. The third kappa shape index (κ3) is 6.09. The van der Waals surface area contributed by atoms with Gasteiger partial charge in [0.1, 0.15) is 11.6 Å². The second kappa shape index (κ2) is 10.6. The van der Waals surface area contributed by atoms with Crippen LogP contribution >= 0.6 is 0 Å². The second-order valence-corrected chi connectivity index (χ2v) is 8.16. The summed E-state index contributed by atoms with van der Waals surface area (Å²) >= 11 is 0. The molecule has 7 nitrogen and oxygen atoms in total. The molecule has 4 rings (SSSR count). The van der Waals surface area contributed by atoms with Crippen molar-refractivity contribution in [2.24, 2.45) is 0 Å². The molecule has 1 aliphatic heterocycles. The number of aromatic nitrogens is 1. The van der Waals surface area contributed by atoms with E-state index in [2.05, 4.69) is 15.6 Å². The van der Waals surface area contributed by atoms with Gasteiger partial charge in [0.15, 0.2) is 0 Å². The zero-order valence-electron chi connectivity index (χ0n) is 19.1. The van der Waals surface area contributed by atoms with Gasteiger partial charge in [0, 0.05) is 32.7 Å². The Morgan fingerprint density at radius 3 is 2.25 bits per heavy atom. The van der Waals surface area contributed by atoms with E-state index in [1.54, 1.807) is 24.3 Å². The monoisotopic (exact) mass is 501 g/mol. The number of amides is 3. The molecule has 11 heteroatoms. The summed E-state index contributed by atoms with van der Waals surface area (Å²) in [6, 6.07) is 13.5. The molecule has 3 aromatic rings. The van der Waals surface area contributed by atoms with Crippen LogP contribution in [0.4, 0.5) is 33.9 Å². The van der Waals surface area contributed by atoms with E-state index < -0.39 is 23.7 Å². The van der Waals surface area contributed by atoms with Gasteiger partial charge in [-0.15, -0.1) is 0 Å². The number of nitrogens with zero attached hydrogens (tertiary/aromatic N) is 3. The van der Waals surface area contributed by atoms with Gasteiger partial charge in [0.25, 0.3) is 5.91 Å². The molecule has 1 aromatic heterocycles. The highest BCUT2D eigenvalue weighted by atomic mass is 19.4. The molecule has 3 amide bonds. The van der Waals surface area contributed by atoms with Gasteiger partial charge >= 0.3 is 12.2 Å². The van der Waals surface area contributed by atoms with Crippen LogP contribution in [0.2, 0.25) is 0 Å². The van der Waals surface area contributed by atoms with Crippen molar-refractivity contribution in [1.29, 1.82) is 0 Å². The number of hydrogen-bond acceptors (Lipinski definition) is 4. The van der Waals surface area contributed by atoms with E-state index in [0.717, 1.165) is 11.6 Å². The van der Waals surface area contributed by atoms with Gasteiger partial charge < -0.3 is 20.4 Å². The van der Waals surface area contributed by atoms with Crippen LogP contribution in [0.1, 0.15) is 21.5 Å². The van der Waals surface area contributed by atoms with Crippen molar-refractivity contribution in [2.75, 3.05) is 36.4 Å². The number of halogens is 4. The number of benzene rings is 2. The van der Waals surface area contributed by atoms with E-state index in [1.807, 2.05) is 4.90 Å². The average molecular weight is 501 g/mol. The lowest BCUT2D eigenvalue weighted by Crippen LogP contribution is -2.49. The zero-order valence-corrected chi connectivity index (χ0v) is 19.1. The first kappa shape index (κ1) is 25.0. The molecule has 2 aromatic carbocycles. The minimum Gasteiger partial charge on any atom is -0.353 e. The van der Waals surface area contributed by atoms with E-state index in [0.29, 0.717) is 24.6 Å². The van der Waals surface area contributed by atoms with Crippen molar-refractivity contribution in [3.8, 4) is 0 Å². The van der Waals surface area contributed by atoms with Crippen LogP contribution in [0.15, 0.2) is 66.9 Å². The fourth-order valence-corrected chi connectivity index (χ4v) is 3.83. The van der Waals surface area contributed by atoms with E-state index in [4.69, 9.17) is 0 Å². The molecule has 0 radical (unpaired) electrons. The molecule has 0 saturated carbocycles. The summed E-state index contributed by atoms with van der Waals surface area (Å²) in [5.74, 6) is -0.383. The Morgan fingerprint density at radius 1 is 0.917 bits per heavy atom. The minimum absolute atomic E-state index is 0.230. The van der Waals surface area contributed by atoms with Gasteiger partial charge in [0.05, 0.1) is 23.0 Å². The summed E-state index contributed by atoms with van der Waals surface area (Å²) in [5.41, 5.74) is -0.0823. The summed E-state index contributed by atoms with van der Waals surface area (Å²) in [6.45, 7) is 1.53. The lowest BCUT2D eigenvalue weighted by Gasteiger charge is -2.35. The van der Waals surface area contributed by atoms with Crippen LogP contribution in [0.25, 0.3) is 0 Å². The largest absolute Gasteiger partial charge is 0.417 e. The van der Waals surface area contributed by atoms with Crippen LogP contribution in [-0.4, -0.2) is 48.0 Å². The predicted octanol–water partition coefficient (Wildman–Crippen LogP) is 4.52. The molecule has 2 N–H and O–H groups in total. The molecule has 0 bridgehead atoms. The third-order valence-corrected chi connectivity index (χ3v) is 5.73. The van der Waals surface area contributed by atoms with Crippen LogP contribution < -0.4 is 15.5 Å². The van der Waals surface area contributed by atoms with Gasteiger partial charge in [0.2, 0.25) is 0 Å². The Morgan fingerprint density at radius 2 is 1.61 bits per heavy atom. The molecule has 0 unspecified atom stereocenters. The molecule has 2 heterocycles. The number of pyridine rings is 1. The fraction of sp³-hybridized carbons (Fsp3) is 0.240. The molecule has 0 atom stereocenters. The number of nitrogens with one attached hydrogen (secondary N) is 2. The Balaban J connectivity index is 1.29. The lowest BCUT2D eigenvalue weighted by atomic mass is 10.1. The third-order valence-electron chi connectivity index (χ3n) is 5.73. The fourth-order valence-electron chi connectivity index (χ4n) is 3.83. The smallest absolute Gasteiger partial charge is 0.353 e. The highest BCUT2D eigenvalue weighted by molar-refractivity contribution is 5.96. The van der Waals surface area contributed by atoms with Crippen molar-refractivity contribution >= 4 is 23.4 Å². The number of carbonyl (C=O) groups is 2. The molecule has 1 fully saturated rings. The molecule has 0 spiro atoms. The average Bonchev–Trinajstić information content (AvgIpc) is 2.88. The maximum Gasteiger partial charge on any atom is 0.417 e. The SMILES string of the molecule is O=C(NCc1ccc(F)cc1)Nc1ccc(N2CCN(C(=O)c3ccccc3C(F)(F)F)CC2)nc1. The Labute approximate surface area is 204 Å². The molecule has 1 saturated heterocycles. The van der Waals surface area contributed by atoms with Crippen LogP contribution in [0.5, 0.6) is 0 Å². The first-order chi connectivity index (χ1) is 17.2. The zero-order chi connectivity index (χ0) is 25.7. The van der Waals surface area contributed by atoms with Crippen LogP contribution in [0.3, 0.4) is 0 Å². The van der Waals surface area contributed by atoms with Gasteiger partial charge in [-0.25, -0.2) is 14.2 Å². The van der Waals surface area contributed by atoms with Gasteiger partial charge in [-0.2, -0.15) is 13.2 Å². The quantitative estimate of drug-likeness (QED) is 0.504. The number of urea groups is 1. The normalized spacial score (nSPS) is 13.9. The standard InChI is InChI=1S/C25H23F4N5O2/c26-18-7-5-17(6-8-18)15-31-24(36)32-19-9-10-22(30-16-19)33-11-13-34(14-12-33)23(35)20-3-1-2-4-21(20)25(27,28)29/h1-10,16H,11-15H2,(H2,31,32,36). The molecule has 36 heavy (non-hydrogen) atoms. The van der Waals surface area contributed by atoms with E-state index in [-0.39, 0.29) is 31.0 Å². The van der Waals surface area contributed by atoms with Gasteiger partial charge in [-0.1, -0.05) is 24.3 Å². The number of piperazine rings is 1. The number of anilines is 2. The first-order valence-electron chi connectivity index (χ1n) is 11.2.